The molecule has 2 aliphatic carbocycles. The predicted molar refractivity (Wildman–Crippen MR) is 84.3 cm³/mol. The average Bonchev–Trinajstić information content (AvgIpc) is 3.09. The third-order valence-electron chi connectivity index (χ3n) is 4.72. The fourth-order valence-corrected chi connectivity index (χ4v) is 3.63. The first-order chi connectivity index (χ1) is 9.31. The molecule has 2 aliphatic rings. The second-order valence-corrected chi connectivity index (χ2v) is 7.23. The Morgan fingerprint density at radius 2 is 1.74 bits per heavy atom. The molecule has 2 saturated carbocycles. The van der Waals surface area contributed by atoms with E-state index in [1.165, 1.54) is 61.5 Å². The lowest BCUT2D eigenvalue weighted by molar-refractivity contribution is 0.320. The van der Waals surface area contributed by atoms with Crippen molar-refractivity contribution in [1.82, 2.24) is 5.32 Å². The quantitative estimate of drug-likeness (QED) is 0.810. The minimum Gasteiger partial charge on any atom is -0.314 e. The van der Waals surface area contributed by atoms with Crippen molar-refractivity contribution in [1.29, 1.82) is 0 Å². The molecule has 0 spiro atoms. The van der Waals surface area contributed by atoms with Gasteiger partial charge in [0.25, 0.3) is 0 Å². The van der Waals surface area contributed by atoms with Crippen LogP contribution >= 0.6 is 15.9 Å². The van der Waals surface area contributed by atoms with Crippen molar-refractivity contribution in [3.8, 4) is 0 Å². The van der Waals surface area contributed by atoms with Crippen molar-refractivity contribution in [3.63, 3.8) is 0 Å². The van der Waals surface area contributed by atoms with Crippen molar-refractivity contribution < 1.29 is 0 Å². The first-order valence-corrected chi connectivity index (χ1v) is 8.58. The molecular weight excluding hydrogens is 298 g/mol. The minimum atomic E-state index is 0.837. The molecule has 1 atom stereocenters. The van der Waals surface area contributed by atoms with Gasteiger partial charge in [-0.15, -0.1) is 0 Å². The zero-order valence-electron chi connectivity index (χ0n) is 11.6. The molecule has 1 unspecified atom stereocenters. The normalized spacial score (nSPS) is 21.7. The van der Waals surface area contributed by atoms with Gasteiger partial charge in [-0.25, -0.2) is 0 Å². The maximum absolute atomic E-state index is 3.76. The number of halogens is 1. The molecule has 3 rings (SSSR count). The summed E-state index contributed by atoms with van der Waals surface area (Å²) in [6.07, 6.45) is 9.85. The topological polar surface area (TPSA) is 12.0 Å². The highest BCUT2D eigenvalue weighted by molar-refractivity contribution is 9.10. The molecular formula is C17H24BrN. The van der Waals surface area contributed by atoms with E-state index in [2.05, 4.69) is 45.5 Å². The summed E-state index contributed by atoms with van der Waals surface area (Å²) in [5.41, 5.74) is 1.50. The van der Waals surface area contributed by atoms with Crippen LogP contribution in [0.2, 0.25) is 0 Å². The summed E-state index contributed by atoms with van der Waals surface area (Å²) >= 11 is 3.52. The van der Waals surface area contributed by atoms with E-state index < -0.39 is 0 Å². The molecule has 19 heavy (non-hydrogen) atoms. The smallest absolute Gasteiger partial charge is 0.0175 e. The van der Waals surface area contributed by atoms with E-state index in [0.29, 0.717) is 0 Å². The molecule has 2 heteroatoms. The number of hydrogen-bond donors (Lipinski definition) is 1. The van der Waals surface area contributed by atoms with Gasteiger partial charge in [-0.1, -0.05) is 53.7 Å². The summed E-state index contributed by atoms with van der Waals surface area (Å²) in [5, 5.41) is 3.76. The van der Waals surface area contributed by atoms with Crippen LogP contribution in [0.1, 0.15) is 44.1 Å². The van der Waals surface area contributed by atoms with E-state index in [0.717, 1.165) is 17.9 Å². The molecule has 0 aromatic heterocycles. The SMILES string of the molecule is Brc1ccc(CC(CNC2CC2)C2CCCC2)cc1. The Bertz CT molecular complexity index is 390. The first-order valence-electron chi connectivity index (χ1n) is 7.79. The highest BCUT2D eigenvalue weighted by Gasteiger charge is 2.27. The summed E-state index contributed by atoms with van der Waals surface area (Å²) in [7, 11) is 0. The van der Waals surface area contributed by atoms with Crippen LogP contribution < -0.4 is 5.32 Å². The Morgan fingerprint density at radius 3 is 2.37 bits per heavy atom. The van der Waals surface area contributed by atoms with Crippen molar-refractivity contribution in [2.75, 3.05) is 6.54 Å². The van der Waals surface area contributed by atoms with Gasteiger partial charge < -0.3 is 5.32 Å². The molecule has 0 amide bonds. The second-order valence-electron chi connectivity index (χ2n) is 6.32. The lowest BCUT2D eigenvalue weighted by Crippen LogP contribution is -2.30. The fourth-order valence-electron chi connectivity index (χ4n) is 3.36. The second kappa shape index (κ2) is 6.41. The van der Waals surface area contributed by atoms with Crippen molar-refractivity contribution >= 4 is 15.9 Å². The maximum atomic E-state index is 3.76. The van der Waals surface area contributed by atoms with Crippen LogP contribution in [0.3, 0.4) is 0 Å². The maximum Gasteiger partial charge on any atom is 0.0175 e. The van der Waals surface area contributed by atoms with E-state index in [1.807, 2.05) is 0 Å². The van der Waals surface area contributed by atoms with Gasteiger partial charge in [-0.3, -0.25) is 0 Å². The number of benzene rings is 1. The van der Waals surface area contributed by atoms with Gasteiger partial charge in [0.1, 0.15) is 0 Å². The summed E-state index contributed by atoms with van der Waals surface area (Å²) in [4.78, 5) is 0. The largest absolute Gasteiger partial charge is 0.314 e. The number of nitrogens with one attached hydrogen (secondary N) is 1. The first kappa shape index (κ1) is 13.6. The molecule has 0 aliphatic heterocycles. The van der Waals surface area contributed by atoms with Crippen LogP contribution in [0.5, 0.6) is 0 Å². The molecule has 1 aromatic carbocycles. The highest BCUT2D eigenvalue weighted by Crippen LogP contribution is 2.33. The Kier molecular flexibility index (Phi) is 4.60. The van der Waals surface area contributed by atoms with Gasteiger partial charge in [-0.2, -0.15) is 0 Å². The van der Waals surface area contributed by atoms with Crippen LogP contribution in [0.15, 0.2) is 28.7 Å². The third kappa shape index (κ3) is 4.06. The van der Waals surface area contributed by atoms with Gasteiger partial charge in [0.2, 0.25) is 0 Å². The van der Waals surface area contributed by atoms with E-state index in [-0.39, 0.29) is 0 Å². The number of hydrogen-bond acceptors (Lipinski definition) is 1. The number of rotatable bonds is 6. The van der Waals surface area contributed by atoms with Gasteiger partial charge in [0.05, 0.1) is 0 Å². The summed E-state index contributed by atoms with van der Waals surface area (Å²) in [6, 6.07) is 9.76. The summed E-state index contributed by atoms with van der Waals surface area (Å²) in [5.74, 6) is 1.79. The molecule has 104 valence electrons. The molecule has 0 heterocycles. The van der Waals surface area contributed by atoms with Crippen LogP contribution in [0.4, 0.5) is 0 Å². The van der Waals surface area contributed by atoms with Crippen molar-refractivity contribution in [2.24, 2.45) is 11.8 Å². The van der Waals surface area contributed by atoms with Crippen LogP contribution in [0, 0.1) is 11.8 Å². The van der Waals surface area contributed by atoms with E-state index in [9.17, 15) is 0 Å². The van der Waals surface area contributed by atoms with Crippen molar-refractivity contribution in [3.05, 3.63) is 34.3 Å². The van der Waals surface area contributed by atoms with E-state index >= 15 is 0 Å². The Balaban J connectivity index is 1.61. The molecule has 0 bridgehead atoms. The standard InChI is InChI=1S/C17H24BrN/c18-16-7-5-13(6-8-16)11-15(12-19-17-9-10-17)14-3-1-2-4-14/h5-8,14-15,17,19H,1-4,9-12H2. The summed E-state index contributed by atoms with van der Waals surface area (Å²) in [6.45, 7) is 1.23. The lowest BCUT2D eigenvalue weighted by atomic mass is 9.85. The van der Waals surface area contributed by atoms with E-state index in [1.54, 1.807) is 0 Å². The highest BCUT2D eigenvalue weighted by atomic mass is 79.9. The zero-order chi connectivity index (χ0) is 13.1. The van der Waals surface area contributed by atoms with Gasteiger partial charge in [0, 0.05) is 10.5 Å². The molecule has 2 fully saturated rings. The monoisotopic (exact) mass is 321 g/mol. The lowest BCUT2D eigenvalue weighted by Gasteiger charge is -2.24. The van der Waals surface area contributed by atoms with Crippen LogP contribution in [0.25, 0.3) is 0 Å². The van der Waals surface area contributed by atoms with E-state index in [4.69, 9.17) is 0 Å². The van der Waals surface area contributed by atoms with Crippen LogP contribution in [-0.2, 0) is 6.42 Å². The fraction of sp³-hybridized carbons (Fsp3) is 0.647. The molecule has 1 aromatic rings. The third-order valence-corrected chi connectivity index (χ3v) is 5.25. The molecule has 1 nitrogen and oxygen atoms in total. The van der Waals surface area contributed by atoms with Crippen LogP contribution in [-0.4, -0.2) is 12.6 Å². The van der Waals surface area contributed by atoms with Crippen molar-refractivity contribution in [2.45, 2.75) is 51.0 Å². The predicted octanol–water partition coefficient (Wildman–Crippen LogP) is 4.55. The minimum absolute atomic E-state index is 0.837. The average molecular weight is 322 g/mol. The molecule has 0 radical (unpaired) electrons. The Morgan fingerprint density at radius 1 is 1.05 bits per heavy atom. The molecule has 1 N–H and O–H groups in total. The molecule has 0 saturated heterocycles. The van der Waals surface area contributed by atoms with Gasteiger partial charge in [0.15, 0.2) is 0 Å². The Hall–Kier alpha value is -0.340. The zero-order valence-corrected chi connectivity index (χ0v) is 13.2. The Labute approximate surface area is 125 Å². The van der Waals surface area contributed by atoms with Gasteiger partial charge >= 0.3 is 0 Å². The summed E-state index contributed by atoms with van der Waals surface area (Å²) < 4.78 is 1.18. The van der Waals surface area contributed by atoms with Gasteiger partial charge in [-0.05, 0) is 55.3 Å².